The molecule has 0 aromatic carbocycles. The van der Waals surface area contributed by atoms with Crippen LogP contribution in [0.2, 0.25) is 0 Å². The molecule has 14 heavy (non-hydrogen) atoms. The van der Waals surface area contributed by atoms with Gasteiger partial charge in [-0.25, -0.2) is 0 Å². The van der Waals surface area contributed by atoms with Gasteiger partial charge in [0.15, 0.2) is 0 Å². The Labute approximate surface area is 84.7 Å². The molecule has 2 N–H and O–H groups in total. The third-order valence-corrected chi connectivity index (χ3v) is 2.66. The fourth-order valence-electron chi connectivity index (χ4n) is 2.02. The SMILES string of the molecule is C=Cc1c(/C=C\C)[nH]c2c1CCNC2. The Morgan fingerprint density at radius 2 is 2.29 bits per heavy atom. The van der Waals surface area contributed by atoms with Gasteiger partial charge in [-0.1, -0.05) is 18.7 Å². The maximum absolute atomic E-state index is 3.88. The van der Waals surface area contributed by atoms with E-state index in [0.29, 0.717) is 0 Å². The lowest BCUT2D eigenvalue weighted by molar-refractivity contribution is 0.634. The molecule has 0 radical (unpaired) electrons. The Morgan fingerprint density at radius 3 is 3.00 bits per heavy atom. The van der Waals surface area contributed by atoms with Crippen molar-refractivity contribution in [3.63, 3.8) is 0 Å². The lowest BCUT2D eigenvalue weighted by Crippen LogP contribution is -2.23. The van der Waals surface area contributed by atoms with Crippen molar-refractivity contribution in [3.8, 4) is 0 Å². The van der Waals surface area contributed by atoms with Crippen LogP contribution in [0.4, 0.5) is 0 Å². The molecule has 0 fully saturated rings. The highest BCUT2D eigenvalue weighted by Gasteiger charge is 2.16. The summed E-state index contributed by atoms with van der Waals surface area (Å²) >= 11 is 0. The first kappa shape index (κ1) is 9.28. The Morgan fingerprint density at radius 1 is 1.43 bits per heavy atom. The number of fused-ring (bicyclic) bond motifs is 1. The Balaban J connectivity index is 2.51. The summed E-state index contributed by atoms with van der Waals surface area (Å²) in [5, 5.41) is 3.36. The van der Waals surface area contributed by atoms with Crippen LogP contribution in [-0.2, 0) is 13.0 Å². The molecule has 2 rings (SSSR count). The molecule has 1 aliphatic rings. The molecule has 0 atom stereocenters. The van der Waals surface area contributed by atoms with Gasteiger partial charge in [0.1, 0.15) is 0 Å². The number of H-pyrrole nitrogens is 1. The minimum Gasteiger partial charge on any atom is -0.357 e. The first-order valence-electron chi connectivity index (χ1n) is 5.06. The van der Waals surface area contributed by atoms with E-state index in [2.05, 4.69) is 29.0 Å². The molecule has 1 aromatic heterocycles. The maximum atomic E-state index is 3.88. The minimum atomic E-state index is 0.952. The fourth-order valence-corrected chi connectivity index (χ4v) is 2.02. The van der Waals surface area contributed by atoms with E-state index in [-0.39, 0.29) is 0 Å². The van der Waals surface area contributed by atoms with Gasteiger partial charge in [0.2, 0.25) is 0 Å². The maximum Gasteiger partial charge on any atom is 0.0455 e. The lowest BCUT2D eigenvalue weighted by Gasteiger charge is -2.12. The van der Waals surface area contributed by atoms with Crippen LogP contribution in [-0.4, -0.2) is 11.5 Å². The minimum absolute atomic E-state index is 0.952. The average Bonchev–Trinajstić information content (AvgIpc) is 2.55. The van der Waals surface area contributed by atoms with Gasteiger partial charge in [-0.3, -0.25) is 0 Å². The summed E-state index contributed by atoms with van der Waals surface area (Å²) in [6.45, 7) is 7.94. The number of aromatic amines is 1. The normalized spacial score (nSPS) is 15.8. The molecule has 1 aromatic rings. The molecule has 1 aliphatic heterocycles. The molecule has 0 bridgehead atoms. The van der Waals surface area contributed by atoms with Crippen molar-refractivity contribution in [1.82, 2.24) is 10.3 Å². The summed E-state index contributed by atoms with van der Waals surface area (Å²) in [6.07, 6.45) is 7.22. The number of hydrogen-bond acceptors (Lipinski definition) is 1. The van der Waals surface area contributed by atoms with Gasteiger partial charge >= 0.3 is 0 Å². The van der Waals surface area contributed by atoms with E-state index in [1.165, 1.54) is 22.5 Å². The van der Waals surface area contributed by atoms with E-state index in [1.807, 2.05) is 13.0 Å². The van der Waals surface area contributed by atoms with Crippen LogP contribution < -0.4 is 5.32 Å². The Bertz CT molecular complexity index is 372. The third kappa shape index (κ3) is 1.42. The highest BCUT2D eigenvalue weighted by molar-refractivity contribution is 5.66. The zero-order valence-electron chi connectivity index (χ0n) is 8.56. The topological polar surface area (TPSA) is 27.8 Å². The molecular formula is C12H16N2. The standard InChI is InChI=1S/C12H16N2/c1-3-5-11-9(4-2)10-6-7-13-8-12(10)14-11/h3-5,13-14H,2,6-8H2,1H3/b5-3-. The zero-order chi connectivity index (χ0) is 9.97. The molecule has 0 spiro atoms. The zero-order valence-corrected chi connectivity index (χ0v) is 8.56. The first-order valence-corrected chi connectivity index (χ1v) is 5.06. The molecule has 74 valence electrons. The van der Waals surface area contributed by atoms with Gasteiger partial charge < -0.3 is 10.3 Å². The highest BCUT2D eigenvalue weighted by atomic mass is 14.9. The van der Waals surface area contributed by atoms with Crippen molar-refractivity contribution in [2.75, 3.05) is 6.54 Å². The van der Waals surface area contributed by atoms with Gasteiger partial charge in [0.25, 0.3) is 0 Å². The summed E-state index contributed by atoms with van der Waals surface area (Å²) < 4.78 is 0. The molecule has 2 heterocycles. The highest BCUT2D eigenvalue weighted by Crippen LogP contribution is 2.24. The molecule has 2 heteroatoms. The van der Waals surface area contributed by atoms with Crippen LogP contribution in [0.1, 0.15) is 29.4 Å². The molecule has 0 saturated heterocycles. The van der Waals surface area contributed by atoms with Crippen molar-refractivity contribution >= 4 is 12.2 Å². The summed E-state index contributed by atoms with van der Waals surface area (Å²) in [5.41, 5.74) is 5.22. The van der Waals surface area contributed by atoms with Crippen molar-refractivity contribution in [1.29, 1.82) is 0 Å². The number of aromatic nitrogens is 1. The number of allylic oxidation sites excluding steroid dienone is 1. The molecule has 0 unspecified atom stereocenters. The third-order valence-electron chi connectivity index (χ3n) is 2.66. The Kier molecular flexibility index (Phi) is 2.55. The second kappa shape index (κ2) is 3.84. The average molecular weight is 188 g/mol. The summed E-state index contributed by atoms with van der Waals surface area (Å²) in [7, 11) is 0. The van der Waals surface area contributed by atoms with E-state index in [9.17, 15) is 0 Å². The smallest absolute Gasteiger partial charge is 0.0455 e. The summed E-state index contributed by atoms with van der Waals surface area (Å²) in [5.74, 6) is 0. The van der Waals surface area contributed by atoms with Crippen molar-refractivity contribution in [2.45, 2.75) is 19.9 Å². The summed E-state index contributed by atoms with van der Waals surface area (Å²) in [6, 6.07) is 0. The first-order chi connectivity index (χ1) is 6.86. The van der Waals surface area contributed by atoms with Crippen molar-refractivity contribution in [2.24, 2.45) is 0 Å². The van der Waals surface area contributed by atoms with Crippen molar-refractivity contribution in [3.05, 3.63) is 35.2 Å². The van der Waals surface area contributed by atoms with Crippen molar-refractivity contribution < 1.29 is 0 Å². The van der Waals surface area contributed by atoms with E-state index < -0.39 is 0 Å². The number of nitrogens with one attached hydrogen (secondary N) is 2. The number of hydrogen-bond donors (Lipinski definition) is 2. The monoisotopic (exact) mass is 188 g/mol. The van der Waals surface area contributed by atoms with Gasteiger partial charge in [0, 0.05) is 23.5 Å². The van der Waals surface area contributed by atoms with Crippen LogP contribution in [0.25, 0.3) is 12.2 Å². The second-order valence-electron chi connectivity index (χ2n) is 3.54. The van der Waals surface area contributed by atoms with E-state index in [0.717, 1.165) is 19.5 Å². The van der Waals surface area contributed by atoms with Crippen LogP contribution in [0.3, 0.4) is 0 Å². The molecule has 0 aliphatic carbocycles. The predicted octanol–water partition coefficient (Wildman–Crippen LogP) is 2.34. The molecular weight excluding hydrogens is 172 g/mol. The van der Waals surface area contributed by atoms with E-state index in [4.69, 9.17) is 0 Å². The predicted molar refractivity (Wildman–Crippen MR) is 61.0 cm³/mol. The van der Waals surface area contributed by atoms with E-state index >= 15 is 0 Å². The fraction of sp³-hybridized carbons (Fsp3) is 0.333. The van der Waals surface area contributed by atoms with Gasteiger partial charge in [-0.05, 0) is 31.5 Å². The second-order valence-corrected chi connectivity index (χ2v) is 3.54. The van der Waals surface area contributed by atoms with Crippen LogP contribution in [0.5, 0.6) is 0 Å². The largest absolute Gasteiger partial charge is 0.357 e. The van der Waals surface area contributed by atoms with E-state index in [1.54, 1.807) is 0 Å². The molecule has 2 nitrogen and oxygen atoms in total. The Hall–Kier alpha value is -1.28. The number of rotatable bonds is 2. The summed E-state index contributed by atoms with van der Waals surface area (Å²) in [4.78, 5) is 3.43. The lowest BCUT2D eigenvalue weighted by atomic mass is 10.0. The van der Waals surface area contributed by atoms with Crippen LogP contribution >= 0.6 is 0 Å². The quantitative estimate of drug-likeness (QED) is 0.732. The molecule has 0 amide bonds. The van der Waals surface area contributed by atoms with Crippen LogP contribution in [0, 0.1) is 0 Å². The molecule has 0 saturated carbocycles. The van der Waals surface area contributed by atoms with Gasteiger partial charge in [0.05, 0.1) is 0 Å². The van der Waals surface area contributed by atoms with Gasteiger partial charge in [-0.15, -0.1) is 0 Å². The van der Waals surface area contributed by atoms with Gasteiger partial charge in [-0.2, -0.15) is 0 Å². The van der Waals surface area contributed by atoms with Crippen LogP contribution in [0.15, 0.2) is 12.7 Å².